The van der Waals surface area contributed by atoms with E-state index in [1.807, 2.05) is 19.1 Å². The van der Waals surface area contributed by atoms with E-state index in [0.717, 1.165) is 37.1 Å². The number of aromatic nitrogens is 1. The molecule has 2 fully saturated rings. The lowest BCUT2D eigenvalue weighted by molar-refractivity contribution is -0.117. The fourth-order valence-electron chi connectivity index (χ4n) is 3.12. The van der Waals surface area contributed by atoms with Crippen LogP contribution in [-0.4, -0.2) is 35.5 Å². The van der Waals surface area contributed by atoms with Crippen molar-refractivity contribution in [2.75, 3.05) is 19.8 Å². The standard InChI is InChI=1S/C15H21NO3/c1-11-2-3-13(9-16-11)14(17)12-4-6-19-15(8-12)5-7-18-10-15/h2-3,9,12,14,17H,4-8,10H2,1H3. The quantitative estimate of drug-likeness (QED) is 0.886. The first-order valence-corrected chi connectivity index (χ1v) is 7.01. The molecule has 19 heavy (non-hydrogen) atoms. The molecule has 1 aromatic heterocycles. The molecular formula is C15H21NO3. The number of ether oxygens (including phenoxy) is 2. The Hall–Kier alpha value is -0.970. The summed E-state index contributed by atoms with van der Waals surface area (Å²) in [7, 11) is 0. The molecule has 3 atom stereocenters. The van der Waals surface area contributed by atoms with Crippen molar-refractivity contribution in [3.05, 3.63) is 29.6 Å². The molecule has 0 saturated carbocycles. The van der Waals surface area contributed by atoms with Gasteiger partial charge in [0.2, 0.25) is 0 Å². The van der Waals surface area contributed by atoms with Crippen LogP contribution in [0, 0.1) is 12.8 Å². The molecule has 4 heteroatoms. The fourth-order valence-corrected chi connectivity index (χ4v) is 3.12. The van der Waals surface area contributed by atoms with E-state index in [0.29, 0.717) is 13.2 Å². The highest BCUT2D eigenvalue weighted by molar-refractivity contribution is 5.17. The van der Waals surface area contributed by atoms with Gasteiger partial charge in [-0.3, -0.25) is 4.98 Å². The summed E-state index contributed by atoms with van der Waals surface area (Å²) >= 11 is 0. The second-order valence-corrected chi connectivity index (χ2v) is 5.76. The second-order valence-electron chi connectivity index (χ2n) is 5.76. The number of hydrogen-bond donors (Lipinski definition) is 1. The molecule has 104 valence electrons. The maximum Gasteiger partial charge on any atom is 0.0940 e. The van der Waals surface area contributed by atoms with Crippen LogP contribution in [0.25, 0.3) is 0 Å². The summed E-state index contributed by atoms with van der Waals surface area (Å²) < 4.78 is 11.4. The van der Waals surface area contributed by atoms with E-state index >= 15 is 0 Å². The van der Waals surface area contributed by atoms with Gasteiger partial charge in [-0.1, -0.05) is 6.07 Å². The summed E-state index contributed by atoms with van der Waals surface area (Å²) in [5.74, 6) is 0.236. The molecule has 2 aliphatic heterocycles. The first-order valence-electron chi connectivity index (χ1n) is 7.01. The van der Waals surface area contributed by atoms with Crippen molar-refractivity contribution in [2.24, 2.45) is 5.92 Å². The molecule has 0 aromatic carbocycles. The average molecular weight is 263 g/mol. The van der Waals surface area contributed by atoms with Gasteiger partial charge in [0.25, 0.3) is 0 Å². The van der Waals surface area contributed by atoms with Gasteiger partial charge in [-0.25, -0.2) is 0 Å². The Balaban J connectivity index is 1.72. The van der Waals surface area contributed by atoms with Gasteiger partial charge in [-0.05, 0) is 37.3 Å². The zero-order valence-electron chi connectivity index (χ0n) is 11.3. The number of hydrogen-bond acceptors (Lipinski definition) is 4. The van der Waals surface area contributed by atoms with Crippen molar-refractivity contribution in [3.8, 4) is 0 Å². The van der Waals surface area contributed by atoms with E-state index in [1.165, 1.54) is 0 Å². The Kier molecular flexibility index (Phi) is 3.56. The highest BCUT2D eigenvalue weighted by Crippen LogP contribution is 2.40. The first kappa shape index (κ1) is 13.0. The summed E-state index contributed by atoms with van der Waals surface area (Å²) in [4.78, 5) is 4.27. The van der Waals surface area contributed by atoms with Gasteiger partial charge in [0, 0.05) is 31.5 Å². The number of aryl methyl sites for hydroxylation is 1. The van der Waals surface area contributed by atoms with E-state index < -0.39 is 6.10 Å². The molecule has 3 unspecified atom stereocenters. The molecule has 4 nitrogen and oxygen atoms in total. The molecule has 0 bridgehead atoms. The second kappa shape index (κ2) is 5.19. The Morgan fingerprint density at radius 3 is 3.00 bits per heavy atom. The maximum absolute atomic E-state index is 10.5. The van der Waals surface area contributed by atoms with Crippen molar-refractivity contribution in [3.63, 3.8) is 0 Å². The van der Waals surface area contributed by atoms with Gasteiger partial charge in [-0.2, -0.15) is 0 Å². The van der Waals surface area contributed by atoms with E-state index in [4.69, 9.17) is 9.47 Å². The van der Waals surface area contributed by atoms with Crippen molar-refractivity contribution in [2.45, 2.75) is 37.9 Å². The Labute approximate surface area is 113 Å². The number of pyridine rings is 1. The van der Waals surface area contributed by atoms with Crippen LogP contribution in [0.1, 0.15) is 36.6 Å². The maximum atomic E-state index is 10.5. The van der Waals surface area contributed by atoms with Crippen LogP contribution in [0.2, 0.25) is 0 Å². The monoisotopic (exact) mass is 263 g/mol. The molecule has 1 N–H and O–H groups in total. The predicted octanol–water partition coefficient (Wildman–Crippen LogP) is 2.01. The third kappa shape index (κ3) is 2.66. The lowest BCUT2D eigenvalue weighted by Gasteiger charge is -2.39. The third-order valence-electron chi connectivity index (χ3n) is 4.32. The normalized spacial score (nSPS) is 32.6. The van der Waals surface area contributed by atoms with E-state index in [-0.39, 0.29) is 11.5 Å². The molecule has 3 heterocycles. The van der Waals surface area contributed by atoms with Crippen LogP contribution in [-0.2, 0) is 9.47 Å². The van der Waals surface area contributed by atoms with E-state index in [2.05, 4.69) is 4.98 Å². The third-order valence-corrected chi connectivity index (χ3v) is 4.32. The fraction of sp³-hybridized carbons (Fsp3) is 0.667. The van der Waals surface area contributed by atoms with E-state index in [9.17, 15) is 5.11 Å². The Bertz CT molecular complexity index is 426. The minimum absolute atomic E-state index is 0.151. The first-order chi connectivity index (χ1) is 9.19. The van der Waals surface area contributed by atoms with Gasteiger partial charge in [0.15, 0.2) is 0 Å². The highest BCUT2D eigenvalue weighted by Gasteiger charge is 2.42. The van der Waals surface area contributed by atoms with Gasteiger partial charge in [0.05, 0.1) is 18.3 Å². The Morgan fingerprint density at radius 1 is 1.42 bits per heavy atom. The predicted molar refractivity (Wildman–Crippen MR) is 70.8 cm³/mol. The number of rotatable bonds is 2. The summed E-state index contributed by atoms with van der Waals surface area (Å²) in [6, 6.07) is 3.92. The van der Waals surface area contributed by atoms with Crippen LogP contribution in [0.5, 0.6) is 0 Å². The smallest absolute Gasteiger partial charge is 0.0940 e. The Morgan fingerprint density at radius 2 is 2.32 bits per heavy atom. The lowest BCUT2D eigenvalue weighted by Crippen LogP contribution is -2.41. The van der Waals surface area contributed by atoms with Gasteiger partial charge in [-0.15, -0.1) is 0 Å². The van der Waals surface area contributed by atoms with Crippen LogP contribution in [0.15, 0.2) is 18.3 Å². The largest absolute Gasteiger partial charge is 0.388 e. The SMILES string of the molecule is Cc1ccc(C(O)C2CCOC3(CCOC3)C2)cn1. The molecule has 0 aliphatic carbocycles. The molecule has 2 aliphatic rings. The molecule has 1 aromatic rings. The highest BCUT2D eigenvalue weighted by atomic mass is 16.6. The van der Waals surface area contributed by atoms with E-state index in [1.54, 1.807) is 6.20 Å². The molecule has 0 amide bonds. The summed E-state index contributed by atoms with van der Waals surface area (Å²) in [5.41, 5.74) is 1.73. The van der Waals surface area contributed by atoms with Crippen molar-refractivity contribution < 1.29 is 14.6 Å². The van der Waals surface area contributed by atoms with Crippen molar-refractivity contribution in [1.82, 2.24) is 4.98 Å². The average Bonchev–Trinajstić information content (AvgIpc) is 2.87. The summed E-state index contributed by atoms with van der Waals surface area (Å²) in [6.45, 7) is 4.11. The number of aliphatic hydroxyl groups excluding tert-OH is 1. The number of aliphatic hydroxyl groups is 1. The minimum Gasteiger partial charge on any atom is -0.388 e. The van der Waals surface area contributed by atoms with Crippen LogP contribution in [0.3, 0.4) is 0 Å². The topological polar surface area (TPSA) is 51.6 Å². The van der Waals surface area contributed by atoms with Crippen LogP contribution in [0.4, 0.5) is 0 Å². The summed E-state index contributed by atoms with van der Waals surface area (Å²) in [6.07, 6.45) is 4.06. The zero-order chi connectivity index (χ0) is 13.3. The van der Waals surface area contributed by atoms with Crippen molar-refractivity contribution in [1.29, 1.82) is 0 Å². The summed E-state index contributed by atoms with van der Waals surface area (Å²) in [5, 5.41) is 10.5. The molecular weight excluding hydrogens is 242 g/mol. The van der Waals surface area contributed by atoms with Gasteiger partial charge < -0.3 is 14.6 Å². The molecule has 0 radical (unpaired) electrons. The van der Waals surface area contributed by atoms with Crippen LogP contribution >= 0.6 is 0 Å². The number of nitrogens with zero attached hydrogens (tertiary/aromatic N) is 1. The van der Waals surface area contributed by atoms with Gasteiger partial charge in [0.1, 0.15) is 0 Å². The zero-order valence-corrected chi connectivity index (χ0v) is 11.3. The molecule has 3 rings (SSSR count). The van der Waals surface area contributed by atoms with Gasteiger partial charge >= 0.3 is 0 Å². The van der Waals surface area contributed by atoms with Crippen LogP contribution < -0.4 is 0 Å². The molecule has 1 spiro atoms. The minimum atomic E-state index is -0.450. The lowest BCUT2D eigenvalue weighted by atomic mass is 9.80. The van der Waals surface area contributed by atoms with Crippen molar-refractivity contribution >= 4 is 0 Å². The molecule has 2 saturated heterocycles.